The van der Waals surface area contributed by atoms with E-state index in [0.717, 1.165) is 44.6 Å². The summed E-state index contributed by atoms with van der Waals surface area (Å²) in [7, 11) is 0. The van der Waals surface area contributed by atoms with Crippen LogP contribution in [0.5, 0.6) is 0 Å². The van der Waals surface area contributed by atoms with Crippen molar-refractivity contribution in [1.29, 1.82) is 0 Å². The van der Waals surface area contributed by atoms with Crippen molar-refractivity contribution in [2.45, 2.75) is 0 Å². The van der Waals surface area contributed by atoms with Crippen molar-refractivity contribution in [2.75, 3.05) is 0 Å². The Morgan fingerprint density at radius 2 is 0.961 bits per heavy atom. The van der Waals surface area contributed by atoms with Crippen LogP contribution in [0.2, 0.25) is 0 Å². The third-order valence-corrected chi connectivity index (χ3v) is 10.3. The molecular formula is C46H28N4O. The number of hydrogen-bond acceptors (Lipinski definition) is 3. The van der Waals surface area contributed by atoms with Gasteiger partial charge < -0.3 is 13.6 Å². The van der Waals surface area contributed by atoms with Crippen LogP contribution in [0, 0.1) is 0 Å². The van der Waals surface area contributed by atoms with Gasteiger partial charge in [0.1, 0.15) is 23.1 Å². The Balaban J connectivity index is 1.06. The van der Waals surface area contributed by atoms with Crippen molar-refractivity contribution in [3.63, 3.8) is 0 Å². The molecule has 51 heavy (non-hydrogen) atoms. The highest BCUT2D eigenvalue weighted by Gasteiger charge is 2.18. The molecule has 0 fully saturated rings. The molecule has 0 saturated carbocycles. The molecule has 0 radical (unpaired) electrons. The van der Waals surface area contributed by atoms with Crippen LogP contribution in [-0.2, 0) is 0 Å². The Morgan fingerprint density at radius 3 is 1.76 bits per heavy atom. The highest BCUT2D eigenvalue weighted by molar-refractivity contribution is 6.12. The van der Waals surface area contributed by atoms with Crippen LogP contribution in [0.3, 0.4) is 0 Å². The summed E-state index contributed by atoms with van der Waals surface area (Å²) in [5.41, 5.74) is 13.5. The summed E-state index contributed by atoms with van der Waals surface area (Å²) >= 11 is 0. The zero-order valence-electron chi connectivity index (χ0n) is 27.4. The number of fused-ring (bicyclic) bond motifs is 9. The van der Waals surface area contributed by atoms with Gasteiger partial charge in [0, 0.05) is 43.9 Å². The van der Waals surface area contributed by atoms with Crippen LogP contribution in [0.1, 0.15) is 0 Å². The van der Waals surface area contributed by atoms with Gasteiger partial charge >= 0.3 is 0 Å². The Bertz CT molecular complexity index is 3130. The SMILES string of the molecule is c1ccc(-n2c3ccccc3c3cc(-c4ccc5c6ccccc6n(-c6ccc(-c7ncnc8c7oc7ccccc78)cc6)c5c4)ccc32)cc1. The molecule has 238 valence electrons. The highest BCUT2D eigenvalue weighted by atomic mass is 16.3. The van der Waals surface area contributed by atoms with Gasteiger partial charge in [-0.3, -0.25) is 0 Å². The minimum Gasteiger partial charge on any atom is -0.452 e. The summed E-state index contributed by atoms with van der Waals surface area (Å²) in [4.78, 5) is 9.21. The van der Waals surface area contributed by atoms with Crippen LogP contribution in [-0.4, -0.2) is 19.1 Å². The fourth-order valence-electron chi connectivity index (χ4n) is 7.93. The van der Waals surface area contributed by atoms with Gasteiger partial charge in [-0.05, 0) is 77.9 Å². The first kappa shape index (κ1) is 27.9. The van der Waals surface area contributed by atoms with Gasteiger partial charge in [0.05, 0.1) is 22.1 Å². The molecular weight excluding hydrogens is 625 g/mol. The van der Waals surface area contributed by atoms with E-state index in [9.17, 15) is 0 Å². The van der Waals surface area contributed by atoms with E-state index in [1.807, 2.05) is 24.3 Å². The van der Waals surface area contributed by atoms with E-state index in [4.69, 9.17) is 4.42 Å². The predicted octanol–water partition coefficient (Wildman–Crippen LogP) is 11.9. The summed E-state index contributed by atoms with van der Waals surface area (Å²) in [6, 6.07) is 58.3. The molecule has 0 bridgehead atoms. The minimum atomic E-state index is 0.705. The van der Waals surface area contributed by atoms with Crippen molar-refractivity contribution in [3.8, 4) is 33.8 Å². The Kier molecular flexibility index (Phi) is 5.89. The molecule has 0 aliphatic carbocycles. The van der Waals surface area contributed by atoms with Crippen molar-refractivity contribution in [3.05, 3.63) is 170 Å². The molecule has 5 heteroatoms. The summed E-state index contributed by atoms with van der Waals surface area (Å²) in [6.45, 7) is 0. The fraction of sp³-hybridized carbons (Fsp3) is 0. The van der Waals surface area contributed by atoms with E-state index in [1.54, 1.807) is 6.33 Å². The predicted molar refractivity (Wildman–Crippen MR) is 209 cm³/mol. The number of para-hydroxylation sites is 4. The van der Waals surface area contributed by atoms with E-state index < -0.39 is 0 Å². The molecule has 0 amide bonds. The van der Waals surface area contributed by atoms with Gasteiger partial charge in [-0.1, -0.05) is 97.1 Å². The Morgan fingerprint density at radius 1 is 0.392 bits per heavy atom. The Labute approximate surface area is 292 Å². The monoisotopic (exact) mass is 652 g/mol. The maximum absolute atomic E-state index is 6.25. The third-order valence-electron chi connectivity index (χ3n) is 10.3. The molecule has 7 aromatic carbocycles. The number of hydrogen-bond donors (Lipinski definition) is 0. The first-order chi connectivity index (χ1) is 25.3. The van der Waals surface area contributed by atoms with E-state index in [2.05, 4.69) is 159 Å². The summed E-state index contributed by atoms with van der Waals surface area (Å²) in [6.07, 6.45) is 1.62. The summed E-state index contributed by atoms with van der Waals surface area (Å²) in [5.74, 6) is 0. The normalized spacial score (nSPS) is 11.9. The average Bonchev–Trinajstić information content (AvgIpc) is 3.85. The maximum atomic E-state index is 6.25. The van der Waals surface area contributed by atoms with E-state index in [-0.39, 0.29) is 0 Å². The van der Waals surface area contributed by atoms with Crippen LogP contribution >= 0.6 is 0 Å². The van der Waals surface area contributed by atoms with Gasteiger partial charge in [0.25, 0.3) is 0 Å². The lowest BCUT2D eigenvalue weighted by Crippen LogP contribution is -1.95. The van der Waals surface area contributed by atoms with Crippen molar-refractivity contribution < 1.29 is 4.42 Å². The smallest absolute Gasteiger partial charge is 0.180 e. The Hall–Kier alpha value is -6.98. The maximum Gasteiger partial charge on any atom is 0.180 e. The molecule has 11 aromatic rings. The highest BCUT2D eigenvalue weighted by Crippen LogP contribution is 2.39. The molecule has 5 nitrogen and oxygen atoms in total. The molecule has 0 atom stereocenters. The topological polar surface area (TPSA) is 48.8 Å². The number of aromatic nitrogens is 4. The van der Waals surface area contributed by atoms with E-state index in [0.29, 0.717) is 5.58 Å². The lowest BCUT2D eigenvalue weighted by molar-refractivity contribution is 0.667. The van der Waals surface area contributed by atoms with Crippen LogP contribution in [0.15, 0.2) is 175 Å². The quantitative estimate of drug-likeness (QED) is 0.190. The van der Waals surface area contributed by atoms with E-state index in [1.165, 1.54) is 49.2 Å². The van der Waals surface area contributed by atoms with Crippen molar-refractivity contribution >= 4 is 65.7 Å². The second-order valence-corrected chi connectivity index (χ2v) is 13.0. The molecule has 4 heterocycles. The lowest BCUT2D eigenvalue weighted by Gasteiger charge is -2.11. The first-order valence-corrected chi connectivity index (χ1v) is 17.2. The molecule has 0 N–H and O–H groups in total. The van der Waals surface area contributed by atoms with Crippen LogP contribution < -0.4 is 0 Å². The standard InChI is InChI=1S/C46H28N4O/c1-2-10-32(11-3-1)49-40-16-8-5-13-35(40)38-26-30(21-25-41(38)49)31-20-24-36-34-12-4-7-15-39(34)50(42(36)27-31)33-22-18-29(19-23-33)44-46-45(48-28-47-44)37-14-6-9-17-43(37)51-46/h1-28H. The first-order valence-electron chi connectivity index (χ1n) is 17.2. The molecule has 11 rings (SSSR count). The zero-order chi connectivity index (χ0) is 33.5. The van der Waals surface area contributed by atoms with Gasteiger partial charge in [0.15, 0.2) is 5.58 Å². The van der Waals surface area contributed by atoms with E-state index >= 15 is 0 Å². The molecule has 0 aliphatic rings. The van der Waals surface area contributed by atoms with Crippen LogP contribution in [0.4, 0.5) is 0 Å². The number of rotatable bonds is 4. The third kappa shape index (κ3) is 4.15. The summed E-state index contributed by atoms with van der Waals surface area (Å²) in [5, 5.41) is 5.93. The molecule has 0 unspecified atom stereocenters. The second kappa shape index (κ2) is 10.8. The molecule has 0 aliphatic heterocycles. The minimum absolute atomic E-state index is 0.705. The second-order valence-electron chi connectivity index (χ2n) is 13.0. The largest absolute Gasteiger partial charge is 0.452 e. The molecule has 0 saturated heterocycles. The van der Waals surface area contributed by atoms with Gasteiger partial charge in [-0.15, -0.1) is 0 Å². The summed E-state index contributed by atoms with van der Waals surface area (Å²) < 4.78 is 11.0. The number of furan rings is 1. The number of nitrogens with zero attached hydrogens (tertiary/aromatic N) is 4. The van der Waals surface area contributed by atoms with Crippen molar-refractivity contribution in [2.24, 2.45) is 0 Å². The average molecular weight is 653 g/mol. The van der Waals surface area contributed by atoms with Crippen molar-refractivity contribution in [1.82, 2.24) is 19.1 Å². The number of benzene rings is 7. The lowest BCUT2D eigenvalue weighted by atomic mass is 10.0. The van der Waals surface area contributed by atoms with Gasteiger partial charge in [0.2, 0.25) is 0 Å². The fourth-order valence-corrected chi connectivity index (χ4v) is 7.93. The molecule has 4 aromatic heterocycles. The van der Waals surface area contributed by atoms with Gasteiger partial charge in [-0.25, -0.2) is 9.97 Å². The zero-order valence-corrected chi connectivity index (χ0v) is 27.4. The molecule has 0 spiro atoms. The van der Waals surface area contributed by atoms with Crippen LogP contribution in [0.25, 0.3) is 99.4 Å². The van der Waals surface area contributed by atoms with Gasteiger partial charge in [-0.2, -0.15) is 0 Å².